The maximum atomic E-state index is 13.3. The van der Waals surface area contributed by atoms with Crippen LogP contribution in [-0.2, 0) is 13.1 Å². The van der Waals surface area contributed by atoms with Crippen LogP contribution in [0.15, 0.2) is 88.7 Å². The molecule has 0 fully saturated rings. The first-order valence-electron chi connectivity index (χ1n) is 10.4. The van der Waals surface area contributed by atoms with Crippen LogP contribution < -0.4 is 26.0 Å². The van der Waals surface area contributed by atoms with Crippen LogP contribution in [0.3, 0.4) is 0 Å². The molecule has 168 valence electrons. The highest BCUT2D eigenvalue weighted by Crippen LogP contribution is 2.14. The summed E-state index contributed by atoms with van der Waals surface area (Å²) in [5, 5.41) is 3.04. The molecule has 4 rings (SSSR count). The van der Waals surface area contributed by atoms with Crippen LogP contribution in [0.4, 0.5) is 11.5 Å². The number of pyridine rings is 1. The Morgan fingerprint density at radius 1 is 0.818 bits per heavy atom. The van der Waals surface area contributed by atoms with Crippen molar-refractivity contribution < 1.29 is 9.47 Å². The first-order chi connectivity index (χ1) is 16.1. The van der Waals surface area contributed by atoms with E-state index in [9.17, 15) is 9.59 Å². The van der Waals surface area contributed by atoms with E-state index >= 15 is 0 Å². The largest absolute Gasteiger partial charge is 0.497 e. The zero-order valence-electron chi connectivity index (χ0n) is 18.4. The third-order valence-corrected chi connectivity index (χ3v) is 5.18. The number of methoxy groups -OCH3 is 2. The molecule has 1 N–H and O–H groups in total. The van der Waals surface area contributed by atoms with E-state index in [4.69, 9.17) is 9.47 Å². The fourth-order valence-electron chi connectivity index (χ4n) is 3.41. The molecule has 2 heterocycles. The number of rotatable bonds is 8. The molecule has 0 spiro atoms. The van der Waals surface area contributed by atoms with Gasteiger partial charge in [-0.2, -0.15) is 0 Å². The molecular weight excluding hydrogens is 420 g/mol. The van der Waals surface area contributed by atoms with Gasteiger partial charge in [-0.1, -0.05) is 30.3 Å². The lowest BCUT2D eigenvalue weighted by molar-refractivity contribution is 0.414. The molecule has 0 saturated heterocycles. The minimum Gasteiger partial charge on any atom is -0.497 e. The molecule has 0 radical (unpaired) electrons. The Balaban J connectivity index is 1.75. The monoisotopic (exact) mass is 444 g/mol. The van der Waals surface area contributed by atoms with E-state index in [1.165, 1.54) is 15.3 Å². The average Bonchev–Trinajstić information content (AvgIpc) is 2.86. The van der Waals surface area contributed by atoms with Crippen LogP contribution in [-0.4, -0.2) is 28.3 Å². The van der Waals surface area contributed by atoms with Gasteiger partial charge in [0.2, 0.25) is 0 Å². The third-order valence-electron chi connectivity index (χ3n) is 5.18. The summed E-state index contributed by atoms with van der Waals surface area (Å²) in [6.07, 6.45) is 3.17. The third kappa shape index (κ3) is 5.12. The summed E-state index contributed by atoms with van der Waals surface area (Å²) in [5.74, 6) is 1.95. The van der Waals surface area contributed by atoms with Crippen molar-refractivity contribution in [2.45, 2.75) is 13.1 Å². The molecule has 0 unspecified atom stereocenters. The number of hydrogen-bond donors (Lipinski definition) is 1. The number of aromatic nitrogens is 3. The SMILES string of the molecule is COc1ccc(Cn2cc(Nc3ccccn3)c(=O)n(Cc3ccc(OC)cc3)c2=O)cc1. The van der Waals surface area contributed by atoms with E-state index in [0.29, 0.717) is 18.1 Å². The molecule has 0 atom stereocenters. The molecule has 0 aliphatic heterocycles. The summed E-state index contributed by atoms with van der Waals surface area (Å²) in [6, 6.07) is 20.1. The van der Waals surface area contributed by atoms with Gasteiger partial charge in [0, 0.05) is 12.4 Å². The minimum atomic E-state index is -0.424. The molecule has 0 bridgehead atoms. The highest BCUT2D eigenvalue weighted by Gasteiger charge is 2.13. The van der Waals surface area contributed by atoms with Crippen molar-refractivity contribution in [3.05, 3.63) is 111 Å². The van der Waals surface area contributed by atoms with Gasteiger partial charge in [0.05, 0.1) is 27.3 Å². The summed E-state index contributed by atoms with van der Waals surface area (Å²) < 4.78 is 13.1. The fraction of sp³-hybridized carbons (Fsp3) is 0.160. The van der Waals surface area contributed by atoms with Gasteiger partial charge in [0.15, 0.2) is 0 Å². The molecule has 0 amide bonds. The number of anilines is 2. The topological polar surface area (TPSA) is 87.4 Å². The maximum absolute atomic E-state index is 13.3. The van der Waals surface area contributed by atoms with E-state index in [2.05, 4.69) is 10.3 Å². The van der Waals surface area contributed by atoms with Crippen molar-refractivity contribution in [2.24, 2.45) is 0 Å². The summed E-state index contributed by atoms with van der Waals surface area (Å²) >= 11 is 0. The maximum Gasteiger partial charge on any atom is 0.331 e. The Kier molecular flexibility index (Phi) is 6.54. The van der Waals surface area contributed by atoms with E-state index in [-0.39, 0.29) is 12.2 Å². The molecule has 4 aromatic rings. The molecule has 0 aliphatic rings. The molecular formula is C25H24N4O4. The van der Waals surface area contributed by atoms with Crippen LogP contribution >= 0.6 is 0 Å². The lowest BCUT2D eigenvalue weighted by Crippen LogP contribution is -2.41. The predicted octanol–water partition coefficient (Wildman–Crippen LogP) is 3.26. The second-order valence-electron chi connectivity index (χ2n) is 7.38. The van der Waals surface area contributed by atoms with Gasteiger partial charge in [-0.15, -0.1) is 0 Å². The number of ether oxygens (including phenoxy) is 2. The summed E-state index contributed by atoms with van der Waals surface area (Å²) in [5.41, 5.74) is 1.14. The minimum absolute atomic E-state index is 0.127. The zero-order valence-corrected chi connectivity index (χ0v) is 18.4. The second-order valence-corrected chi connectivity index (χ2v) is 7.38. The predicted molar refractivity (Wildman–Crippen MR) is 127 cm³/mol. The highest BCUT2D eigenvalue weighted by molar-refractivity contribution is 5.53. The van der Waals surface area contributed by atoms with Crippen LogP contribution in [0.25, 0.3) is 0 Å². The molecule has 2 aromatic heterocycles. The Morgan fingerprint density at radius 3 is 1.97 bits per heavy atom. The molecule has 0 saturated carbocycles. The molecule has 33 heavy (non-hydrogen) atoms. The van der Waals surface area contributed by atoms with E-state index in [1.807, 2.05) is 42.5 Å². The van der Waals surface area contributed by atoms with Crippen LogP contribution in [0.2, 0.25) is 0 Å². The van der Waals surface area contributed by atoms with Gasteiger partial charge >= 0.3 is 5.69 Å². The van der Waals surface area contributed by atoms with Crippen molar-refractivity contribution in [2.75, 3.05) is 19.5 Å². The fourth-order valence-corrected chi connectivity index (χ4v) is 3.41. The molecule has 8 heteroatoms. The summed E-state index contributed by atoms with van der Waals surface area (Å²) in [6.45, 7) is 0.421. The van der Waals surface area contributed by atoms with Crippen molar-refractivity contribution in [3.8, 4) is 11.5 Å². The molecule has 0 aliphatic carbocycles. The van der Waals surface area contributed by atoms with Crippen molar-refractivity contribution in [1.82, 2.24) is 14.1 Å². The van der Waals surface area contributed by atoms with Crippen molar-refractivity contribution in [1.29, 1.82) is 0 Å². The average molecular weight is 444 g/mol. The summed E-state index contributed by atoms with van der Waals surface area (Å²) in [7, 11) is 3.19. The van der Waals surface area contributed by atoms with Gasteiger partial charge in [0.1, 0.15) is 23.0 Å². The molecule has 8 nitrogen and oxygen atoms in total. The Labute approximate surface area is 190 Å². The van der Waals surface area contributed by atoms with Gasteiger partial charge in [-0.25, -0.2) is 9.78 Å². The normalized spacial score (nSPS) is 10.6. The van der Waals surface area contributed by atoms with E-state index < -0.39 is 11.2 Å². The summed E-state index contributed by atoms with van der Waals surface area (Å²) in [4.78, 5) is 30.7. The van der Waals surface area contributed by atoms with E-state index in [1.54, 1.807) is 44.7 Å². The first-order valence-corrected chi connectivity index (χ1v) is 10.4. The number of nitrogens with zero attached hydrogens (tertiary/aromatic N) is 3. The van der Waals surface area contributed by atoms with Crippen LogP contribution in [0.5, 0.6) is 11.5 Å². The second kappa shape index (κ2) is 9.86. The van der Waals surface area contributed by atoms with Crippen LogP contribution in [0, 0.1) is 0 Å². The van der Waals surface area contributed by atoms with E-state index in [0.717, 1.165) is 16.9 Å². The quantitative estimate of drug-likeness (QED) is 0.449. The van der Waals surface area contributed by atoms with Gasteiger partial charge in [-0.3, -0.25) is 13.9 Å². The lowest BCUT2D eigenvalue weighted by Gasteiger charge is -2.15. The number of hydrogen-bond acceptors (Lipinski definition) is 6. The zero-order chi connectivity index (χ0) is 23.2. The first kappa shape index (κ1) is 21.9. The standard InChI is InChI=1S/C25H24N4O4/c1-32-20-10-6-18(7-11-20)15-28-17-22(27-23-5-3-4-14-26-23)24(30)29(25(28)31)16-19-8-12-21(33-2)13-9-19/h3-14,17H,15-16H2,1-2H3,(H,26,27). The lowest BCUT2D eigenvalue weighted by atomic mass is 10.2. The molecule has 2 aromatic carbocycles. The smallest absolute Gasteiger partial charge is 0.331 e. The van der Waals surface area contributed by atoms with Crippen LogP contribution in [0.1, 0.15) is 11.1 Å². The Morgan fingerprint density at radius 2 is 1.42 bits per heavy atom. The number of benzene rings is 2. The van der Waals surface area contributed by atoms with Gasteiger partial charge in [-0.05, 0) is 47.5 Å². The van der Waals surface area contributed by atoms with Crippen molar-refractivity contribution >= 4 is 11.5 Å². The Bertz CT molecular complexity index is 1330. The van der Waals surface area contributed by atoms with Gasteiger partial charge < -0.3 is 14.8 Å². The highest BCUT2D eigenvalue weighted by atomic mass is 16.5. The van der Waals surface area contributed by atoms with Gasteiger partial charge in [0.25, 0.3) is 5.56 Å². The Hall–Kier alpha value is -4.33. The number of nitrogens with one attached hydrogen (secondary N) is 1. The van der Waals surface area contributed by atoms with Crippen molar-refractivity contribution in [3.63, 3.8) is 0 Å².